The molecule has 0 bridgehead atoms. The number of carbonyl (C=O) groups is 1. The minimum absolute atomic E-state index is 0.385. The molecule has 2 aromatic carbocycles. The number of aromatic nitrogens is 2. The molecule has 0 unspecified atom stereocenters. The maximum Gasteiger partial charge on any atom is 0.337 e. The van der Waals surface area contributed by atoms with Crippen LogP contribution >= 0.6 is 0 Å². The molecule has 0 aliphatic rings. The van der Waals surface area contributed by atoms with Crippen LogP contribution in [0, 0.1) is 13.8 Å². The summed E-state index contributed by atoms with van der Waals surface area (Å²) in [5.41, 5.74) is 4.43. The first kappa shape index (κ1) is 18.4. The van der Waals surface area contributed by atoms with Crippen molar-refractivity contribution in [2.45, 2.75) is 20.4 Å². The Kier molecular flexibility index (Phi) is 5.66. The monoisotopic (exact) mass is 362 g/mol. The van der Waals surface area contributed by atoms with Gasteiger partial charge in [0.1, 0.15) is 5.82 Å². The van der Waals surface area contributed by atoms with Gasteiger partial charge in [-0.15, -0.1) is 0 Å². The fourth-order valence-electron chi connectivity index (χ4n) is 2.58. The van der Waals surface area contributed by atoms with E-state index >= 15 is 0 Å². The van der Waals surface area contributed by atoms with Gasteiger partial charge in [0.15, 0.2) is 0 Å². The standard InChI is InChI=1S/C21H22N4O2/c1-14-7-9-16(10-8-14)13-22-19-11-15(2)23-21(25-19)24-18-6-4-5-17(12-18)20(26)27-3/h4-12H,13H2,1-3H3,(H2,22,23,24,25). The van der Waals surface area contributed by atoms with Gasteiger partial charge in [0, 0.05) is 24.0 Å². The zero-order valence-corrected chi connectivity index (χ0v) is 15.6. The first-order chi connectivity index (χ1) is 13.0. The second-order valence-electron chi connectivity index (χ2n) is 6.25. The summed E-state index contributed by atoms with van der Waals surface area (Å²) in [4.78, 5) is 20.6. The third kappa shape index (κ3) is 5.04. The Balaban J connectivity index is 1.73. The molecule has 0 atom stereocenters. The maximum absolute atomic E-state index is 11.7. The summed E-state index contributed by atoms with van der Waals surface area (Å²) in [6.45, 7) is 4.65. The van der Waals surface area contributed by atoms with Crippen molar-refractivity contribution in [1.29, 1.82) is 0 Å². The molecule has 0 aliphatic heterocycles. The number of hydrogen-bond acceptors (Lipinski definition) is 6. The quantitative estimate of drug-likeness (QED) is 0.639. The molecule has 1 heterocycles. The molecule has 6 nitrogen and oxygen atoms in total. The smallest absolute Gasteiger partial charge is 0.337 e. The van der Waals surface area contributed by atoms with Gasteiger partial charge < -0.3 is 15.4 Å². The third-order valence-electron chi connectivity index (χ3n) is 3.99. The average Bonchev–Trinajstić information content (AvgIpc) is 2.67. The topological polar surface area (TPSA) is 76.1 Å². The summed E-state index contributed by atoms with van der Waals surface area (Å²) in [6.07, 6.45) is 0. The van der Waals surface area contributed by atoms with Gasteiger partial charge in [-0.05, 0) is 37.6 Å². The first-order valence-corrected chi connectivity index (χ1v) is 8.64. The van der Waals surface area contributed by atoms with Crippen molar-refractivity contribution < 1.29 is 9.53 Å². The van der Waals surface area contributed by atoms with Gasteiger partial charge in [0.2, 0.25) is 5.95 Å². The molecule has 0 fully saturated rings. The van der Waals surface area contributed by atoms with E-state index in [1.165, 1.54) is 18.2 Å². The number of methoxy groups -OCH3 is 1. The number of nitrogens with one attached hydrogen (secondary N) is 2. The number of carbonyl (C=O) groups excluding carboxylic acids is 1. The molecule has 0 saturated heterocycles. The zero-order chi connectivity index (χ0) is 19.2. The molecular formula is C21H22N4O2. The van der Waals surface area contributed by atoms with E-state index in [1.54, 1.807) is 18.2 Å². The Hall–Kier alpha value is -3.41. The van der Waals surface area contributed by atoms with Crippen molar-refractivity contribution in [3.05, 3.63) is 77.0 Å². The Bertz CT molecular complexity index is 939. The van der Waals surface area contributed by atoms with Crippen LogP contribution in [0.2, 0.25) is 0 Å². The minimum Gasteiger partial charge on any atom is -0.465 e. The summed E-state index contributed by atoms with van der Waals surface area (Å²) in [6, 6.07) is 17.3. The van der Waals surface area contributed by atoms with Crippen molar-refractivity contribution >= 4 is 23.4 Å². The highest BCUT2D eigenvalue weighted by atomic mass is 16.5. The Morgan fingerprint density at radius 3 is 2.56 bits per heavy atom. The van der Waals surface area contributed by atoms with Gasteiger partial charge in [-0.1, -0.05) is 35.9 Å². The van der Waals surface area contributed by atoms with E-state index in [0.29, 0.717) is 23.7 Å². The number of nitrogens with zero attached hydrogens (tertiary/aromatic N) is 2. The second-order valence-corrected chi connectivity index (χ2v) is 6.25. The Morgan fingerprint density at radius 1 is 1.04 bits per heavy atom. The predicted octanol–water partition coefficient (Wildman–Crippen LogP) is 4.24. The number of esters is 1. The van der Waals surface area contributed by atoms with Gasteiger partial charge in [0.25, 0.3) is 0 Å². The molecule has 6 heteroatoms. The number of benzene rings is 2. The van der Waals surface area contributed by atoms with Gasteiger partial charge in [0.05, 0.1) is 12.7 Å². The van der Waals surface area contributed by atoms with Crippen molar-refractivity contribution in [1.82, 2.24) is 9.97 Å². The molecular weight excluding hydrogens is 340 g/mol. The predicted molar refractivity (Wildman–Crippen MR) is 106 cm³/mol. The summed E-state index contributed by atoms with van der Waals surface area (Å²) >= 11 is 0. The molecule has 3 aromatic rings. The molecule has 0 aliphatic carbocycles. The van der Waals surface area contributed by atoms with E-state index in [0.717, 1.165) is 11.5 Å². The van der Waals surface area contributed by atoms with Gasteiger partial charge in [-0.25, -0.2) is 9.78 Å². The summed E-state index contributed by atoms with van der Waals surface area (Å²) < 4.78 is 4.75. The first-order valence-electron chi connectivity index (χ1n) is 8.64. The van der Waals surface area contributed by atoms with Crippen LogP contribution in [0.25, 0.3) is 0 Å². The highest BCUT2D eigenvalue weighted by Crippen LogP contribution is 2.18. The van der Waals surface area contributed by atoms with Crippen LogP contribution in [0.3, 0.4) is 0 Å². The molecule has 0 amide bonds. The Morgan fingerprint density at radius 2 is 1.81 bits per heavy atom. The van der Waals surface area contributed by atoms with E-state index in [9.17, 15) is 4.79 Å². The fourth-order valence-corrected chi connectivity index (χ4v) is 2.58. The van der Waals surface area contributed by atoms with Crippen LogP contribution in [0.1, 0.15) is 27.2 Å². The number of rotatable bonds is 6. The van der Waals surface area contributed by atoms with Crippen LogP contribution in [0.4, 0.5) is 17.5 Å². The van der Waals surface area contributed by atoms with Crippen LogP contribution in [-0.2, 0) is 11.3 Å². The lowest BCUT2D eigenvalue weighted by Gasteiger charge is -2.11. The SMILES string of the molecule is COC(=O)c1cccc(Nc2nc(C)cc(NCc3ccc(C)cc3)n2)c1. The van der Waals surface area contributed by atoms with E-state index < -0.39 is 0 Å². The van der Waals surface area contributed by atoms with Gasteiger partial charge in [-0.2, -0.15) is 4.98 Å². The van der Waals surface area contributed by atoms with Gasteiger partial charge in [-0.3, -0.25) is 0 Å². The third-order valence-corrected chi connectivity index (χ3v) is 3.99. The molecule has 0 saturated carbocycles. The second kappa shape index (κ2) is 8.31. The molecule has 0 radical (unpaired) electrons. The lowest BCUT2D eigenvalue weighted by Crippen LogP contribution is -2.06. The van der Waals surface area contributed by atoms with E-state index in [2.05, 4.69) is 51.8 Å². The number of hydrogen-bond donors (Lipinski definition) is 2. The summed E-state index contributed by atoms with van der Waals surface area (Å²) in [5, 5.41) is 6.46. The van der Waals surface area contributed by atoms with Crippen LogP contribution in [0.15, 0.2) is 54.6 Å². The number of anilines is 3. The average molecular weight is 362 g/mol. The largest absolute Gasteiger partial charge is 0.465 e. The summed E-state index contributed by atoms with van der Waals surface area (Å²) in [7, 11) is 1.36. The van der Waals surface area contributed by atoms with Crippen molar-refractivity contribution in [3.63, 3.8) is 0 Å². The molecule has 27 heavy (non-hydrogen) atoms. The van der Waals surface area contributed by atoms with Crippen molar-refractivity contribution in [2.75, 3.05) is 17.7 Å². The van der Waals surface area contributed by atoms with Gasteiger partial charge >= 0.3 is 5.97 Å². The van der Waals surface area contributed by atoms with E-state index in [4.69, 9.17) is 4.74 Å². The zero-order valence-electron chi connectivity index (χ0n) is 15.6. The highest BCUT2D eigenvalue weighted by molar-refractivity contribution is 5.90. The van der Waals surface area contributed by atoms with Crippen molar-refractivity contribution in [3.8, 4) is 0 Å². The fraction of sp³-hybridized carbons (Fsp3) is 0.190. The summed E-state index contributed by atoms with van der Waals surface area (Å²) in [5.74, 6) is 0.808. The normalized spacial score (nSPS) is 10.3. The maximum atomic E-state index is 11.7. The van der Waals surface area contributed by atoms with Crippen LogP contribution < -0.4 is 10.6 Å². The van der Waals surface area contributed by atoms with E-state index in [1.807, 2.05) is 19.1 Å². The van der Waals surface area contributed by atoms with E-state index in [-0.39, 0.29) is 5.97 Å². The molecule has 2 N–H and O–H groups in total. The molecule has 0 spiro atoms. The minimum atomic E-state index is -0.385. The molecule has 1 aromatic heterocycles. The van der Waals surface area contributed by atoms with Crippen LogP contribution in [0.5, 0.6) is 0 Å². The lowest BCUT2D eigenvalue weighted by molar-refractivity contribution is 0.0601. The lowest BCUT2D eigenvalue weighted by atomic mass is 10.1. The van der Waals surface area contributed by atoms with Crippen molar-refractivity contribution in [2.24, 2.45) is 0 Å². The Labute approximate surface area is 158 Å². The number of aryl methyl sites for hydroxylation is 2. The molecule has 138 valence electrons. The highest BCUT2D eigenvalue weighted by Gasteiger charge is 2.07. The molecule has 3 rings (SSSR count). The number of ether oxygens (including phenoxy) is 1. The van der Waals surface area contributed by atoms with Crippen LogP contribution in [-0.4, -0.2) is 23.0 Å².